The number of halogens is 1. The molecule has 0 aliphatic carbocycles. The third-order valence-electron chi connectivity index (χ3n) is 1.95. The largest absolute Gasteiger partial charge is 0.478 e. The summed E-state index contributed by atoms with van der Waals surface area (Å²) in [5.41, 5.74) is 1.94. The van der Waals surface area contributed by atoms with Crippen molar-refractivity contribution >= 4 is 23.3 Å². The standard InChI is InChI=1S/C10H12ClNO2/c1-6-4-7(10(13)14)5-8(11)9(6)12(2)3/h4-5H,1-3H3,(H,13,14). The monoisotopic (exact) mass is 213 g/mol. The van der Waals surface area contributed by atoms with Gasteiger partial charge in [0.15, 0.2) is 0 Å². The van der Waals surface area contributed by atoms with Crippen molar-refractivity contribution in [3.63, 3.8) is 0 Å². The Hall–Kier alpha value is -1.22. The van der Waals surface area contributed by atoms with Crippen LogP contribution in [0.5, 0.6) is 0 Å². The first kappa shape index (κ1) is 10.9. The van der Waals surface area contributed by atoms with E-state index in [9.17, 15) is 4.79 Å². The zero-order chi connectivity index (χ0) is 10.9. The minimum atomic E-state index is -0.958. The molecule has 0 fully saturated rings. The van der Waals surface area contributed by atoms with Crippen molar-refractivity contribution in [2.24, 2.45) is 0 Å². The van der Waals surface area contributed by atoms with Crippen LogP contribution < -0.4 is 4.90 Å². The number of benzene rings is 1. The first-order chi connectivity index (χ1) is 6.43. The van der Waals surface area contributed by atoms with Gasteiger partial charge in [0.1, 0.15) is 0 Å². The molecule has 0 saturated carbocycles. The second-order valence-electron chi connectivity index (χ2n) is 3.32. The van der Waals surface area contributed by atoms with Crippen LogP contribution in [0.2, 0.25) is 5.02 Å². The maximum absolute atomic E-state index is 10.7. The van der Waals surface area contributed by atoms with E-state index in [0.29, 0.717) is 5.02 Å². The van der Waals surface area contributed by atoms with Crippen LogP contribution in [-0.4, -0.2) is 25.2 Å². The van der Waals surface area contributed by atoms with Crippen LogP contribution in [0.25, 0.3) is 0 Å². The fourth-order valence-electron chi connectivity index (χ4n) is 1.43. The topological polar surface area (TPSA) is 40.5 Å². The molecule has 0 aliphatic rings. The fourth-order valence-corrected chi connectivity index (χ4v) is 1.86. The van der Waals surface area contributed by atoms with Crippen molar-refractivity contribution < 1.29 is 9.90 Å². The summed E-state index contributed by atoms with van der Waals surface area (Å²) in [5, 5.41) is 9.26. The molecule has 0 radical (unpaired) electrons. The smallest absolute Gasteiger partial charge is 0.335 e. The lowest BCUT2D eigenvalue weighted by Crippen LogP contribution is -2.11. The number of aryl methyl sites for hydroxylation is 1. The molecule has 4 heteroatoms. The van der Waals surface area contributed by atoms with Crippen LogP contribution in [0.4, 0.5) is 5.69 Å². The molecule has 1 N–H and O–H groups in total. The van der Waals surface area contributed by atoms with Crippen LogP contribution in [0.15, 0.2) is 12.1 Å². The van der Waals surface area contributed by atoms with Gasteiger partial charge in [0.2, 0.25) is 0 Å². The number of carboxylic acids is 1. The SMILES string of the molecule is Cc1cc(C(=O)O)cc(Cl)c1N(C)C. The number of anilines is 1. The van der Waals surface area contributed by atoms with Crippen LogP contribution in [-0.2, 0) is 0 Å². The van der Waals surface area contributed by atoms with Crippen LogP contribution in [0, 0.1) is 6.92 Å². The molecule has 0 unspecified atom stereocenters. The minimum Gasteiger partial charge on any atom is -0.478 e. The quantitative estimate of drug-likeness (QED) is 0.820. The number of nitrogens with zero attached hydrogens (tertiary/aromatic N) is 1. The average Bonchev–Trinajstić information content (AvgIpc) is 2.01. The zero-order valence-electron chi connectivity index (χ0n) is 8.34. The van der Waals surface area contributed by atoms with Gasteiger partial charge in [-0.3, -0.25) is 0 Å². The maximum atomic E-state index is 10.7. The van der Waals surface area contributed by atoms with Crippen molar-refractivity contribution in [1.29, 1.82) is 0 Å². The number of rotatable bonds is 2. The summed E-state index contributed by atoms with van der Waals surface area (Å²) < 4.78 is 0. The highest BCUT2D eigenvalue weighted by Gasteiger charge is 2.11. The fraction of sp³-hybridized carbons (Fsp3) is 0.300. The van der Waals surface area contributed by atoms with Gasteiger partial charge < -0.3 is 10.0 Å². The molecule has 14 heavy (non-hydrogen) atoms. The Labute approximate surface area is 87.9 Å². The molecule has 0 saturated heterocycles. The normalized spacial score (nSPS) is 10.0. The second-order valence-corrected chi connectivity index (χ2v) is 3.73. The Morgan fingerprint density at radius 2 is 2.00 bits per heavy atom. The zero-order valence-corrected chi connectivity index (χ0v) is 9.09. The van der Waals surface area contributed by atoms with E-state index in [0.717, 1.165) is 11.3 Å². The summed E-state index contributed by atoms with van der Waals surface area (Å²) >= 11 is 5.97. The molecule has 0 spiro atoms. The highest BCUT2D eigenvalue weighted by molar-refractivity contribution is 6.33. The maximum Gasteiger partial charge on any atom is 0.335 e. The van der Waals surface area contributed by atoms with Crippen molar-refractivity contribution in [3.05, 3.63) is 28.3 Å². The molecular weight excluding hydrogens is 202 g/mol. The Morgan fingerprint density at radius 1 is 1.43 bits per heavy atom. The molecule has 0 atom stereocenters. The lowest BCUT2D eigenvalue weighted by atomic mass is 10.1. The van der Waals surface area contributed by atoms with E-state index in [1.165, 1.54) is 6.07 Å². The Bertz CT molecular complexity index is 351. The minimum absolute atomic E-state index is 0.220. The van der Waals surface area contributed by atoms with E-state index >= 15 is 0 Å². The number of hydrogen-bond acceptors (Lipinski definition) is 2. The van der Waals surface area contributed by atoms with Crippen LogP contribution >= 0.6 is 11.6 Å². The average molecular weight is 214 g/mol. The van der Waals surface area contributed by atoms with Gasteiger partial charge in [-0.1, -0.05) is 11.6 Å². The van der Waals surface area contributed by atoms with Crippen molar-refractivity contribution in [1.82, 2.24) is 0 Å². The highest BCUT2D eigenvalue weighted by atomic mass is 35.5. The molecule has 1 aromatic carbocycles. The van der Waals surface area contributed by atoms with Gasteiger partial charge >= 0.3 is 5.97 Å². The number of carboxylic acid groups (broad SMARTS) is 1. The first-order valence-electron chi connectivity index (χ1n) is 4.14. The third kappa shape index (κ3) is 1.99. The lowest BCUT2D eigenvalue weighted by Gasteiger charge is -2.17. The van der Waals surface area contributed by atoms with Crippen molar-refractivity contribution in [2.45, 2.75) is 6.92 Å². The lowest BCUT2D eigenvalue weighted by molar-refractivity contribution is 0.0697. The van der Waals surface area contributed by atoms with Gasteiger partial charge in [0.25, 0.3) is 0 Å². The van der Waals surface area contributed by atoms with E-state index in [2.05, 4.69) is 0 Å². The molecule has 0 aromatic heterocycles. The summed E-state index contributed by atoms with van der Waals surface area (Å²) in [6, 6.07) is 3.08. The molecule has 3 nitrogen and oxygen atoms in total. The molecule has 1 aromatic rings. The summed E-state index contributed by atoms with van der Waals surface area (Å²) in [7, 11) is 3.74. The Balaban J connectivity index is 3.32. The van der Waals surface area contributed by atoms with E-state index < -0.39 is 5.97 Å². The third-order valence-corrected chi connectivity index (χ3v) is 2.24. The summed E-state index contributed by atoms with van der Waals surface area (Å²) in [6.45, 7) is 1.84. The summed E-state index contributed by atoms with van der Waals surface area (Å²) in [5.74, 6) is -0.958. The predicted molar refractivity (Wildman–Crippen MR) is 57.5 cm³/mol. The van der Waals surface area contributed by atoms with E-state index in [-0.39, 0.29) is 5.56 Å². The van der Waals surface area contributed by atoms with Gasteiger partial charge in [-0.15, -0.1) is 0 Å². The Kier molecular flexibility index (Phi) is 3.01. The van der Waals surface area contributed by atoms with Gasteiger partial charge in [-0.25, -0.2) is 4.79 Å². The molecule has 0 amide bonds. The summed E-state index contributed by atoms with van der Waals surface area (Å²) in [4.78, 5) is 12.6. The van der Waals surface area contributed by atoms with Crippen LogP contribution in [0.3, 0.4) is 0 Å². The van der Waals surface area contributed by atoms with Crippen molar-refractivity contribution in [3.8, 4) is 0 Å². The van der Waals surface area contributed by atoms with Gasteiger partial charge in [-0.05, 0) is 24.6 Å². The van der Waals surface area contributed by atoms with E-state index in [1.54, 1.807) is 6.07 Å². The molecule has 0 heterocycles. The second kappa shape index (κ2) is 3.88. The first-order valence-corrected chi connectivity index (χ1v) is 4.52. The highest BCUT2D eigenvalue weighted by Crippen LogP contribution is 2.29. The molecule has 76 valence electrons. The van der Waals surface area contributed by atoms with E-state index in [1.807, 2.05) is 25.9 Å². The Morgan fingerprint density at radius 3 is 2.36 bits per heavy atom. The predicted octanol–water partition coefficient (Wildman–Crippen LogP) is 2.41. The molecule has 0 bridgehead atoms. The number of aromatic carboxylic acids is 1. The van der Waals surface area contributed by atoms with Gasteiger partial charge in [0.05, 0.1) is 16.3 Å². The van der Waals surface area contributed by atoms with Gasteiger partial charge in [0, 0.05) is 14.1 Å². The number of hydrogen-bond donors (Lipinski definition) is 1. The van der Waals surface area contributed by atoms with Crippen LogP contribution in [0.1, 0.15) is 15.9 Å². The summed E-state index contributed by atoms with van der Waals surface area (Å²) in [6.07, 6.45) is 0. The molecular formula is C10H12ClNO2. The van der Waals surface area contributed by atoms with Gasteiger partial charge in [-0.2, -0.15) is 0 Å². The van der Waals surface area contributed by atoms with E-state index in [4.69, 9.17) is 16.7 Å². The van der Waals surface area contributed by atoms with Crippen molar-refractivity contribution in [2.75, 3.05) is 19.0 Å². The molecule has 1 rings (SSSR count). The molecule has 0 aliphatic heterocycles. The number of carbonyl (C=O) groups is 1.